The number of hydrogen-bond acceptors (Lipinski definition) is 3. The van der Waals surface area contributed by atoms with Crippen LogP contribution < -0.4 is 5.48 Å². The molecule has 0 spiro atoms. The third kappa shape index (κ3) is 3.97. The van der Waals surface area contributed by atoms with E-state index >= 15 is 0 Å². The van der Waals surface area contributed by atoms with Crippen molar-refractivity contribution in [1.82, 2.24) is 10.4 Å². The van der Waals surface area contributed by atoms with Crippen LogP contribution in [0.25, 0.3) is 0 Å². The second-order valence-corrected chi connectivity index (χ2v) is 4.46. The van der Waals surface area contributed by atoms with Gasteiger partial charge in [-0.3, -0.25) is 9.63 Å². The summed E-state index contributed by atoms with van der Waals surface area (Å²) in [4.78, 5) is 18.8. The van der Waals surface area contributed by atoms with Gasteiger partial charge in [-0.15, -0.1) is 0 Å². The van der Waals surface area contributed by atoms with Gasteiger partial charge in [-0.25, -0.2) is 14.3 Å². The number of carbonyl (C=O) groups excluding carboxylic acids is 1. The van der Waals surface area contributed by atoms with Crippen LogP contribution in [0.2, 0.25) is 0 Å². The smallest absolute Gasteiger partial charge is 0.274 e. The first-order valence-electron chi connectivity index (χ1n) is 6.26. The molecule has 104 valence electrons. The first-order valence-corrected chi connectivity index (χ1v) is 6.26. The number of halogens is 2. The van der Waals surface area contributed by atoms with Crippen molar-refractivity contribution >= 4 is 5.91 Å². The molecule has 6 heteroatoms. The number of nitrogens with zero attached hydrogens (tertiary/aromatic N) is 1. The van der Waals surface area contributed by atoms with Crippen LogP contribution in [0.15, 0.2) is 18.2 Å². The topological polar surface area (TPSA) is 41.6 Å². The first kappa shape index (κ1) is 13.9. The Bertz CT molecular complexity index is 448. The van der Waals surface area contributed by atoms with Crippen molar-refractivity contribution in [3.63, 3.8) is 0 Å². The highest BCUT2D eigenvalue weighted by Gasteiger charge is 2.12. The van der Waals surface area contributed by atoms with Crippen molar-refractivity contribution < 1.29 is 18.4 Å². The first-order chi connectivity index (χ1) is 9.16. The Kier molecular flexibility index (Phi) is 4.81. The number of likely N-dealkylation sites (tertiary alicyclic amines) is 1. The molecule has 1 aromatic rings. The summed E-state index contributed by atoms with van der Waals surface area (Å²) in [6, 6.07) is 2.96. The SMILES string of the molecule is O=C(NOCCN1CCCC1)c1ccc(F)c(F)c1. The zero-order chi connectivity index (χ0) is 13.7. The zero-order valence-corrected chi connectivity index (χ0v) is 10.5. The van der Waals surface area contributed by atoms with Gasteiger partial charge >= 0.3 is 0 Å². The molecule has 1 aromatic carbocycles. The summed E-state index contributed by atoms with van der Waals surface area (Å²) in [6.07, 6.45) is 2.39. The highest BCUT2D eigenvalue weighted by atomic mass is 19.2. The molecular weight excluding hydrogens is 254 g/mol. The Balaban J connectivity index is 1.72. The van der Waals surface area contributed by atoms with Crippen LogP contribution in [0.3, 0.4) is 0 Å². The van der Waals surface area contributed by atoms with Crippen molar-refractivity contribution in [1.29, 1.82) is 0 Å². The van der Waals surface area contributed by atoms with Gasteiger partial charge in [0.1, 0.15) is 0 Å². The van der Waals surface area contributed by atoms with E-state index in [2.05, 4.69) is 10.4 Å². The molecule has 1 amide bonds. The van der Waals surface area contributed by atoms with Gasteiger partial charge in [0.15, 0.2) is 11.6 Å². The van der Waals surface area contributed by atoms with Gasteiger partial charge in [0.2, 0.25) is 0 Å². The number of amides is 1. The minimum atomic E-state index is -1.05. The maximum atomic E-state index is 12.9. The van der Waals surface area contributed by atoms with Crippen molar-refractivity contribution in [2.45, 2.75) is 12.8 Å². The molecule has 1 aliphatic rings. The maximum absolute atomic E-state index is 12.9. The van der Waals surface area contributed by atoms with Gasteiger partial charge in [-0.1, -0.05) is 0 Å². The Morgan fingerprint density at radius 2 is 2.00 bits per heavy atom. The minimum Gasteiger partial charge on any atom is -0.301 e. The van der Waals surface area contributed by atoms with E-state index in [1.807, 2.05) is 0 Å². The minimum absolute atomic E-state index is 0.0278. The van der Waals surface area contributed by atoms with Gasteiger partial charge in [0, 0.05) is 12.1 Å². The maximum Gasteiger partial charge on any atom is 0.274 e. The van der Waals surface area contributed by atoms with Crippen LogP contribution in [0, 0.1) is 11.6 Å². The van der Waals surface area contributed by atoms with Crippen molar-refractivity contribution in [2.75, 3.05) is 26.2 Å². The van der Waals surface area contributed by atoms with Gasteiger partial charge in [0.05, 0.1) is 6.61 Å². The van der Waals surface area contributed by atoms with E-state index in [-0.39, 0.29) is 5.56 Å². The van der Waals surface area contributed by atoms with Gasteiger partial charge in [-0.05, 0) is 44.1 Å². The number of hydrogen-bond donors (Lipinski definition) is 1. The molecule has 0 aliphatic carbocycles. The molecule has 1 aliphatic heterocycles. The summed E-state index contributed by atoms with van der Waals surface area (Å²) in [5.41, 5.74) is 2.24. The fourth-order valence-electron chi connectivity index (χ4n) is 1.99. The molecule has 2 rings (SSSR count). The highest BCUT2D eigenvalue weighted by molar-refractivity contribution is 5.93. The lowest BCUT2D eigenvalue weighted by molar-refractivity contribution is 0.0243. The zero-order valence-electron chi connectivity index (χ0n) is 10.5. The molecular formula is C13H16F2N2O2. The van der Waals surface area contributed by atoms with E-state index in [4.69, 9.17) is 4.84 Å². The fraction of sp³-hybridized carbons (Fsp3) is 0.462. The molecule has 0 radical (unpaired) electrons. The second kappa shape index (κ2) is 6.58. The van der Waals surface area contributed by atoms with Crippen LogP contribution in [-0.2, 0) is 4.84 Å². The third-order valence-electron chi connectivity index (χ3n) is 3.05. The Morgan fingerprint density at radius 1 is 1.26 bits per heavy atom. The van der Waals surface area contributed by atoms with E-state index in [0.29, 0.717) is 6.61 Å². The summed E-state index contributed by atoms with van der Waals surface area (Å²) in [5, 5.41) is 0. The average molecular weight is 270 g/mol. The van der Waals surface area contributed by atoms with E-state index in [9.17, 15) is 13.6 Å². The highest BCUT2D eigenvalue weighted by Crippen LogP contribution is 2.08. The van der Waals surface area contributed by atoms with E-state index in [1.54, 1.807) is 0 Å². The quantitative estimate of drug-likeness (QED) is 0.654. The molecule has 1 N–H and O–H groups in total. The molecule has 4 nitrogen and oxygen atoms in total. The molecule has 0 aromatic heterocycles. The van der Waals surface area contributed by atoms with Crippen LogP contribution in [-0.4, -0.2) is 37.0 Å². The van der Waals surface area contributed by atoms with Gasteiger partial charge in [0.25, 0.3) is 5.91 Å². The van der Waals surface area contributed by atoms with Crippen molar-refractivity contribution in [2.24, 2.45) is 0 Å². The lowest BCUT2D eigenvalue weighted by Crippen LogP contribution is -2.30. The average Bonchev–Trinajstić information content (AvgIpc) is 2.91. The fourth-order valence-corrected chi connectivity index (χ4v) is 1.99. The largest absolute Gasteiger partial charge is 0.301 e. The molecule has 19 heavy (non-hydrogen) atoms. The van der Waals surface area contributed by atoms with Gasteiger partial charge in [-0.2, -0.15) is 0 Å². The lowest BCUT2D eigenvalue weighted by Gasteiger charge is -2.14. The summed E-state index contributed by atoms with van der Waals surface area (Å²) >= 11 is 0. The van der Waals surface area contributed by atoms with E-state index < -0.39 is 17.5 Å². The van der Waals surface area contributed by atoms with Crippen molar-refractivity contribution in [3.05, 3.63) is 35.4 Å². The van der Waals surface area contributed by atoms with Crippen LogP contribution in [0.5, 0.6) is 0 Å². The van der Waals surface area contributed by atoms with E-state index in [1.165, 1.54) is 18.9 Å². The van der Waals surface area contributed by atoms with E-state index in [0.717, 1.165) is 31.8 Å². The van der Waals surface area contributed by atoms with Crippen molar-refractivity contribution in [3.8, 4) is 0 Å². The predicted octanol–water partition coefficient (Wildman–Crippen LogP) is 1.72. The molecule has 1 saturated heterocycles. The van der Waals surface area contributed by atoms with Crippen LogP contribution in [0.1, 0.15) is 23.2 Å². The normalized spacial score (nSPS) is 15.7. The number of benzene rings is 1. The molecule has 0 bridgehead atoms. The summed E-state index contributed by atoms with van der Waals surface area (Å²) in [7, 11) is 0. The second-order valence-electron chi connectivity index (χ2n) is 4.46. The lowest BCUT2D eigenvalue weighted by atomic mass is 10.2. The van der Waals surface area contributed by atoms with Gasteiger partial charge < -0.3 is 4.90 Å². The standard InChI is InChI=1S/C13H16F2N2O2/c14-11-4-3-10(9-12(11)15)13(18)16-19-8-7-17-5-1-2-6-17/h3-4,9H,1-2,5-8H2,(H,16,18). The monoisotopic (exact) mass is 270 g/mol. The summed E-state index contributed by atoms with van der Waals surface area (Å²) in [5.74, 6) is -2.61. The Morgan fingerprint density at radius 3 is 2.68 bits per heavy atom. The molecule has 0 unspecified atom stereocenters. The number of nitrogens with one attached hydrogen (secondary N) is 1. The molecule has 0 atom stereocenters. The number of hydroxylamine groups is 1. The number of rotatable bonds is 5. The third-order valence-corrected chi connectivity index (χ3v) is 3.05. The van der Waals surface area contributed by atoms with Crippen LogP contribution in [0.4, 0.5) is 8.78 Å². The Hall–Kier alpha value is -1.53. The Labute approximate surface area is 110 Å². The summed E-state index contributed by atoms with van der Waals surface area (Å²) < 4.78 is 25.6. The molecule has 1 heterocycles. The predicted molar refractivity (Wildman–Crippen MR) is 65.5 cm³/mol. The molecule has 0 saturated carbocycles. The summed E-state index contributed by atoms with van der Waals surface area (Å²) in [6.45, 7) is 3.23. The van der Waals surface area contributed by atoms with Crippen LogP contribution >= 0.6 is 0 Å². The number of carbonyl (C=O) groups is 1. The molecule has 1 fully saturated rings.